The number of carbonyl (C=O) groups is 1. The Kier molecular flexibility index (Phi) is 4.39. The number of nitrogens with one attached hydrogen (secondary N) is 2. The Morgan fingerprint density at radius 1 is 1.27 bits per heavy atom. The minimum absolute atomic E-state index is 0.0589. The molecule has 0 bridgehead atoms. The van der Waals surface area contributed by atoms with Crippen molar-refractivity contribution in [1.29, 1.82) is 0 Å². The maximum absolute atomic E-state index is 12.2. The first kappa shape index (κ1) is 15.3. The van der Waals surface area contributed by atoms with Crippen molar-refractivity contribution in [2.75, 3.05) is 6.54 Å². The molecule has 0 aromatic heterocycles. The molecule has 5 atom stereocenters. The Hall–Kier alpha value is -1.55. The van der Waals surface area contributed by atoms with Crippen LogP contribution in [-0.4, -0.2) is 30.8 Å². The normalized spacial score (nSPS) is 33.5. The van der Waals surface area contributed by atoms with E-state index in [-0.39, 0.29) is 18.2 Å². The number of hydrogen-bond acceptors (Lipinski definition) is 2. The second-order valence-electron chi connectivity index (χ2n) is 6.80. The van der Waals surface area contributed by atoms with Crippen molar-refractivity contribution in [2.24, 2.45) is 5.92 Å². The number of hydrogen-bond donors (Lipinski definition) is 2. The lowest BCUT2D eigenvalue weighted by molar-refractivity contribution is 0.0563. The van der Waals surface area contributed by atoms with Crippen molar-refractivity contribution in [3.63, 3.8) is 0 Å². The van der Waals surface area contributed by atoms with Crippen LogP contribution in [0, 0.1) is 5.92 Å². The van der Waals surface area contributed by atoms with Crippen molar-refractivity contribution >= 4 is 6.03 Å². The van der Waals surface area contributed by atoms with E-state index in [2.05, 4.69) is 55.7 Å². The number of urea groups is 1. The highest BCUT2D eigenvalue weighted by molar-refractivity contribution is 5.74. The van der Waals surface area contributed by atoms with Crippen LogP contribution in [0.4, 0.5) is 4.79 Å². The summed E-state index contributed by atoms with van der Waals surface area (Å²) < 4.78 is 5.73. The van der Waals surface area contributed by atoms with E-state index >= 15 is 0 Å². The van der Waals surface area contributed by atoms with Gasteiger partial charge in [0.25, 0.3) is 0 Å². The van der Waals surface area contributed by atoms with E-state index in [0.29, 0.717) is 24.5 Å². The van der Waals surface area contributed by atoms with Crippen LogP contribution in [0.1, 0.15) is 44.2 Å². The number of rotatable bonds is 3. The Balaban J connectivity index is 1.49. The third kappa shape index (κ3) is 3.12. The molecule has 1 aliphatic carbocycles. The first-order valence-corrected chi connectivity index (χ1v) is 8.32. The Morgan fingerprint density at radius 2 is 2.05 bits per heavy atom. The van der Waals surface area contributed by atoms with Crippen LogP contribution < -0.4 is 10.6 Å². The molecule has 3 rings (SSSR count). The maximum Gasteiger partial charge on any atom is 0.315 e. The predicted octanol–water partition coefficient (Wildman–Crippen LogP) is 2.83. The van der Waals surface area contributed by atoms with Gasteiger partial charge in [-0.3, -0.25) is 0 Å². The van der Waals surface area contributed by atoms with Gasteiger partial charge in [-0.1, -0.05) is 31.2 Å². The summed E-state index contributed by atoms with van der Waals surface area (Å²) in [5.41, 5.74) is 2.71. The van der Waals surface area contributed by atoms with E-state index in [1.54, 1.807) is 0 Å². The molecular formula is C18H26N2O2. The Morgan fingerprint density at radius 3 is 2.73 bits per heavy atom. The zero-order valence-electron chi connectivity index (χ0n) is 13.6. The molecule has 1 saturated heterocycles. The van der Waals surface area contributed by atoms with Crippen LogP contribution >= 0.6 is 0 Å². The van der Waals surface area contributed by atoms with Gasteiger partial charge in [-0.15, -0.1) is 0 Å². The summed E-state index contributed by atoms with van der Waals surface area (Å²) in [6, 6.07) is 8.59. The molecule has 1 aliphatic heterocycles. The standard InChI is InChI=1S/C18H26N2O2/c1-11-8-15(13(3)22-11)10-19-18(21)20-17-9-14-6-4-5-7-16(14)12(17)2/h4-7,11-13,15,17H,8-10H2,1-3H3,(H2,19,20,21)/t11?,12-,13?,15?,17+/m0/s1. The number of fused-ring (bicyclic) bond motifs is 1. The fourth-order valence-corrected chi connectivity index (χ4v) is 3.81. The lowest BCUT2D eigenvalue weighted by atomic mass is 10.0. The average Bonchev–Trinajstić information content (AvgIpc) is 2.97. The Bertz CT molecular complexity index is 546. The zero-order chi connectivity index (χ0) is 15.7. The Labute approximate surface area is 132 Å². The number of ether oxygens (including phenoxy) is 1. The number of benzene rings is 1. The molecule has 22 heavy (non-hydrogen) atoms. The molecule has 2 amide bonds. The summed E-state index contributed by atoms with van der Waals surface area (Å²) in [4.78, 5) is 12.2. The van der Waals surface area contributed by atoms with Gasteiger partial charge in [0, 0.05) is 24.4 Å². The lowest BCUT2D eigenvalue weighted by Crippen LogP contribution is -2.45. The molecular weight excluding hydrogens is 276 g/mol. The molecule has 0 radical (unpaired) electrons. The van der Waals surface area contributed by atoms with Crippen LogP contribution in [0.15, 0.2) is 24.3 Å². The maximum atomic E-state index is 12.2. The first-order chi connectivity index (χ1) is 10.5. The van der Waals surface area contributed by atoms with Crippen molar-refractivity contribution in [1.82, 2.24) is 10.6 Å². The van der Waals surface area contributed by atoms with E-state index in [1.165, 1.54) is 11.1 Å². The highest BCUT2D eigenvalue weighted by Crippen LogP contribution is 2.32. The van der Waals surface area contributed by atoms with Gasteiger partial charge < -0.3 is 15.4 Å². The van der Waals surface area contributed by atoms with Gasteiger partial charge in [0.05, 0.1) is 12.2 Å². The molecule has 0 saturated carbocycles. The minimum atomic E-state index is -0.0589. The highest BCUT2D eigenvalue weighted by Gasteiger charge is 2.31. The van der Waals surface area contributed by atoms with E-state index in [9.17, 15) is 4.79 Å². The molecule has 3 unspecified atom stereocenters. The smallest absolute Gasteiger partial charge is 0.315 e. The van der Waals surface area contributed by atoms with Crippen LogP contribution in [0.25, 0.3) is 0 Å². The molecule has 2 aliphatic rings. The van der Waals surface area contributed by atoms with Gasteiger partial charge >= 0.3 is 6.03 Å². The largest absolute Gasteiger partial charge is 0.375 e. The van der Waals surface area contributed by atoms with Crippen molar-refractivity contribution in [3.8, 4) is 0 Å². The summed E-state index contributed by atoms with van der Waals surface area (Å²) in [7, 11) is 0. The quantitative estimate of drug-likeness (QED) is 0.902. The fraction of sp³-hybridized carbons (Fsp3) is 0.611. The summed E-state index contributed by atoms with van der Waals surface area (Å²) in [5.74, 6) is 0.787. The molecule has 1 heterocycles. The second-order valence-corrected chi connectivity index (χ2v) is 6.80. The molecule has 1 aromatic carbocycles. The zero-order valence-corrected chi connectivity index (χ0v) is 13.6. The van der Waals surface area contributed by atoms with Crippen LogP contribution in [0.2, 0.25) is 0 Å². The third-order valence-electron chi connectivity index (χ3n) is 5.18. The molecule has 4 heteroatoms. The van der Waals surface area contributed by atoms with Crippen molar-refractivity contribution in [3.05, 3.63) is 35.4 Å². The van der Waals surface area contributed by atoms with Gasteiger partial charge in [-0.05, 0) is 37.8 Å². The predicted molar refractivity (Wildman–Crippen MR) is 87.0 cm³/mol. The summed E-state index contributed by atoms with van der Waals surface area (Å²) in [6.45, 7) is 7.05. The van der Waals surface area contributed by atoms with Crippen LogP contribution in [0.5, 0.6) is 0 Å². The van der Waals surface area contributed by atoms with Gasteiger partial charge in [-0.25, -0.2) is 4.79 Å². The summed E-state index contributed by atoms with van der Waals surface area (Å²) in [6.07, 6.45) is 2.47. The molecule has 2 N–H and O–H groups in total. The summed E-state index contributed by atoms with van der Waals surface area (Å²) >= 11 is 0. The van der Waals surface area contributed by atoms with Gasteiger partial charge in [0.2, 0.25) is 0 Å². The lowest BCUT2D eigenvalue weighted by Gasteiger charge is -2.20. The molecule has 4 nitrogen and oxygen atoms in total. The van der Waals surface area contributed by atoms with E-state index in [4.69, 9.17) is 4.74 Å². The van der Waals surface area contributed by atoms with Crippen molar-refractivity contribution < 1.29 is 9.53 Å². The van der Waals surface area contributed by atoms with E-state index in [0.717, 1.165) is 12.8 Å². The van der Waals surface area contributed by atoms with Gasteiger partial charge in [0.1, 0.15) is 0 Å². The first-order valence-electron chi connectivity index (χ1n) is 8.32. The number of amides is 2. The minimum Gasteiger partial charge on any atom is -0.375 e. The average molecular weight is 302 g/mol. The van der Waals surface area contributed by atoms with Crippen LogP contribution in [0.3, 0.4) is 0 Å². The summed E-state index contributed by atoms with van der Waals surface area (Å²) in [5, 5.41) is 6.15. The molecule has 120 valence electrons. The topological polar surface area (TPSA) is 50.4 Å². The number of carbonyl (C=O) groups excluding carboxylic acids is 1. The SMILES string of the molecule is CC1CC(CNC(=O)N[C@@H]2Cc3ccccc3[C@@H]2C)C(C)O1. The molecule has 0 spiro atoms. The van der Waals surface area contributed by atoms with Crippen molar-refractivity contribution in [2.45, 2.75) is 57.8 Å². The monoisotopic (exact) mass is 302 g/mol. The van der Waals surface area contributed by atoms with E-state index in [1.807, 2.05) is 0 Å². The van der Waals surface area contributed by atoms with E-state index < -0.39 is 0 Å². The van der Waals surface area contributed by atoms with Crippen LogP contribution in [-0.2, 0) is 11.2 Å². The highest BCUT2D eigenvalue weighted by atomic mass is 16.5. The molecule has 1 aromatic rings. The fourth-order valence-electron chi connectivity index (χ4n) is 3.81. The third-order valence-corrected chi connectivity index (χ3v) is 5.18. The van der Waals surface area contributed by atoms with Gasteiger partial charge in [-0.2, -0.15) is 0 Å². The molecule has 1 fully saturated rings. The second kappa shape index (κ2) is 6.29. The van der Waals surface area contributed by atoms with Gasteiger partial charge in [0.15, 0.2) is 0 Å².